The van der Waals surface area contributed by atoms with Crippen molar-refractivity contribution >= 4 is 16.4 Å². The Morgan fingerprint density at radius 2 is 1.74 bits per heavy atom. The Labute approximate surface area is 109 Å². The molecule has 4 nitrogen and oxygen atoms in total. The molecular weight excluding hydrogens is 271 g/mol. The molecule has 0 bridgehead atoms. The Kier molecular flexibility index (Phi) is 3.62. The average Bonchev–Trinajstić information content (AvgIpc) is 2.38. The first-order chi connectivity index (χ1) is 9.03. The molecule has 0 fully saturated rings. The molecule has 0 radical (unpaired) electrons. The predicted molar refractivity (Wildman–Crippen MR) is 66.0 cm³/mol. The number of aldehydes is 1. The van der Waals surface area contributed by atoms with E-state index in [1.54, 1.807) is 18.2 Å². The molecular formula is C13H9FO4S. The lowest BCUT2D eigenvalue weighted by Crippen LogP contribution is -2.12. The van der Waals surface area contributed by atoms with Gasteiger partial charge in [0.1, 0.15) is 16.5 Å². The van der Waals surface area contributed by atoms with Gasteiger partial charge in [0.2, 0.25) is 0 Å². The van der Waals surface area contributed by atoms with Crippen molar-refractivity contribution in [1.82, 2.24) is 0 Å². The largest absolute Gasteiger partial charge is 0.379 e. The van der Waals surface area contributed by atoms with E-state index >= 15 is 0 Å². The summed E-state index contributed by atoms with van der Waals surface area (Å²) in [5.41, 5.74) is -0.282. The summed E-state index contributed by atoms with van der Waals surface area (Å²) in [6.07, 6.45) is 0.268. The lowest BCUT2D eigenvalue weighted by Gasteiger charge is -2.08. The van der Waals surface area contributed by atoms with E-state index in [9.17, 15) is 17.6 Å². The van der Waals surface area contributed by atoms with Crippen molar-refractivity contribution in [3.8, 4) is 5.75 Å². The van der Waals surface area contributed by atoms with E-state index < -0.39 is 15.9 Å². The fraction of sp³-hybridized carbons (Fsp3) is 0. The highest BCUT2D eigenvalue weighted by molar-refractivity contribution is 7.87. The molecule has 0 heterocycles. The molecule has 0 unspecified atom stereocenters. The van der Waals surface area contributed by atoms with E-state index in [1.807, 2.05) is 0 Å². The van der Waals surface area contributed by atoms with Crippen LogP contribution in [0, 0.1) is 5.82 Å². The molecule has 98 valence electrons. The highest BCUT2D eigenvalue weighted by Gasteiger charge is 2.21. The number of carbonyl (C=O) groups is 1. The Morgan fingerprint density at radius 1 is 1.05 bits per heavy atom. The van der Waals surface area contributed by atoms with Crippen LogP contribution in [0.3, 0.4) is 0 Å². The van der Waals surface area contributed by atoms with Crippen molar-refractivity contribution in [2.45, 2.75) is 4.90 Å². The van der Waals surface area contributed by atoms with Gasteiger partial charge in [0.15, 0.2) is 6.29 Å². The van der Waals surface area contributed by atoms with Crippen LogP contribution in [0.1, 0.15) is 10.4 Å². The molecule has 0 aliphatic heterocycles. The summed E-state index contributed by atoms with van der Waals surface area (Å²) in [6, 6.07) is 10.6. The van der Waals surface area contributed by atoms with Gasteiger partial charge in [0.25, 0.3) is 0 Å². The van der Waals surface area contributed by atoms with E-state index in [0.29, 0.717) is 0 Å². The standard InChI is InChI=1S/C13H9FO4S/c14-11-6-7-13(10(8-11)9-15)19(16,17)18-12-4-2-1-3-5-12/h1-9H. The molecule has 0 aliphatic carbocycles. The van der Waals surface area contributed by atoms with Gasteiger partial charge in [-0.2, -0.15) is 8.42 Å². The predicted octanol–water partition coefficient (Wildman–Crippen LogP) is 2.41. The maximum atomic E-state index is 13.0. The molecule has 0 N–H and O–H groups in total. The first-order valence-corrected chi connectivity index (χ1v) is 6.68. The minimum absolute atomic E-state index is 0.115. The van der Waals surface area contributed by atoms with Crippen LogP contribution in [0.25, 0.3) is 0 Å². The maximum absolute atomic E-state index is 13.0. The van der Waals surface area contributed by atoms with Gasteiger partial charge in [0, 0.05) is 5.56 Å². The number of carbonyl (C=O) groups excluding carboxylic acids is 1. The Bertz CT molecular complexity index is 696. The number of benzene rings is 2. The molecule has 6 heteroatoms. The first kappa shape index (κ1) is 13.2. The number of para-hydroxylation sites is 1. The average molecular weight is 280 g/mol. The second-order valence-corrected chi connectivity index (χ2v) is 5.17. The minimum atomic E-state index is -4.17. The molecule has 19 heavy (non-hydrogen) atoms. The van der Waals surface area contributed by atoms with Gasteiger partial charge >= 0.3 is 10.1 Å². The summed E-state index contributed by atoms with van der Waals surface area (Å²) in [5.74, 6) is -0.579. The zero-order valence-electron chi connectivity index (χ0n) is 9.62. The SMILES string of the molecule is O=Cc1cc(F)ccc1S(=O)(=O)Oc1ccccc1. The summed E-state index contributed by atoms with van der Waals surface area (Å²) in [4.78, 5) is 10.4. The zero-order chi connectivity index (χ0) is 13.9. The van der Waals surface area contributed by atoms with Gasteiger partial charge < -0.3 is 4.18 Å². The quantitative estimate of drug-likeness (QED) is 0.637. The van der Waals surface area contributed by atoms with Crippen molar-refractivity contribution in [2.24, 2.45) is 0 Å². The number of hydrogen-bond acceptors (Lipinski definition) is 4. The third-order valence-electron chi connectivity index (χ3n) is 2.32. The summed E-state index contributed by atoms with van der Waals surface area (Å²) in [5, 5.41) is 0. The zero-order valence-corrected chi connectivity index (χ0v) is 10.4. The number of halogens is 1. The van der Waals surface area contributed by atoms with E-state index in [1.165, 1.54) is 12.1 Å². The van der Waals surface area contributed by atoms with Gasteiger partial charge in [-0.15, -0.1) is 0 Å². The van der Waals surface area contributed by atoms with Crippen LogP contribution in [0.2, 0.25) is 0 Å². The van der Waals surface area contributed by atoms with Crippen LogP contribution in [0.15, 0.2) is 53.4 Å². The Morgan fingerprint density at radius 3 is 2.37 bits per heavy atom. The summed E-state index contributed by atoms with van der Waals surface area (Å²) < 4.78 is 41.8. The normalized spacial score (nSPS) is 11.0. The molecule has 0 aromatic heterocycles. The lowest BCUT2D eigenvalue weighted by atomic mass is 10.2. The smallest absolute Gasteiger partial charge is 0.339 e. The molecule has 0 saturated heterocycles. The van der Waals surface area contributed by atoms with E-state index in [4.69, 9.17) is 4.18 Å². The van der Waals surface area contributed by atoms with Crippen LogP contribution < -0.4 is 4.18 Å². The third kappa shape index (κ3) is 2.97. The fourth-order valence-electron chi connectivity index (χ4n) is 1.49. The van der Waals surface area contributed by atoms with Crippen LogP contribution in [-0.2, 0) is 10.1 Å². The van der Waals surface area contributed by atoms with Gasteiger partial charge in [0.05, 0.1) is 0 Å². The molecule has 0 amide bonds. The van der Waals surface area contributed by atoms with Crippen molar-refractivity contribution in [1.29, 1.82) is 0 Å². The van der Waals surface area contributed by atoms with Crippen molar-refractivity contribution < 1.29 is 21.8 Å². The molecule has 0 aliphatic rings. The van der Waals surface area contributed by atoms with Crippen LogP contribution >= 0.6 is 0 Å². The molecule has 0 saturated carbocycles. The van der Waals surface area contributed by atoms with Crippen molar-refractivity contribution in [3.63, 3.8) is 0 Å². The van der Waals surface area contributed by atoms with E-state index in [-0.39, 0.29) is 22.5 Å². The Hall–Kier alpha value is -2.21. The second-order valence-electron chi connectivity index (χ2n) is 3.65. The third-order valence-corrected chi connectivity index (χ3v) is 3.64. The molecule has 0 spiro atoms. The molecule has 2 rings (SSSR count). The van der Waals surface area contributed by atoms with Gasteiger partial charge in [-0.25, -0.2) is 4.39 Å². The molecule has 2 aromatic rings. The number of rotatable bonds is 4. The highest BCUT2D eigenvalue weighted by Crippen LogP contribution is 2.21. The monoisotopic (exact) mass is 280 g/mol. The van der Waals surface area contributed by atoms with E-state index in [0.717, 1.165) is 18.2 Å². The molecule has 0 atom stereocenters. The van der Waals surface area contributed by atoms with Crippen LogP contribution in [0.4, 0.5) is 4.39 Å². The summed E-state index contributed by atoms with van der Waals surface area (Å²) in [7, 11) is -4.17. The van der Waals surface area contributed by atoms with Crippen molar-refractivity contribution in [3.05, 3.63) is 59.9 Å². The van der Waals surface area contributed by atoms with Gasteiger partial charge in [-0.1, -0.05) is 18.2 Å². The summed E-state index contributed by atoms with van der Waals surface area (Å²) in [6.45, 7) is 0. The molecule has 2 aromatic carbocycles. The van der Waals surface area contributed by atoms with Gasteiger partial charge in [-0.05, 0) is 30.3 Å². The lowest BCUT2D eigenvalue weighted by molar-refractivity contribution is 0.111. The van der Waals surface area contributed by atoms with Crippen LogP contribution in [-0.4, -0.2) is 14.7 Å². The first-order valence-electron chi connectivity index (χ1n) is 5.27. The van der Waals surface area contributed by atoms with Crippen molar-refractivity contribution in [2.75, 3.05) is 0 Å². The summed E-state index contributed by atoms with van der Waals surface area (Å²) >= 11 is 0. The fourth-order valence-corrected chi connectivity index (χ4v) is 2.57. The highest BCUT2D eigenvalue weighted by atomic mass is 32.2. The van der Waals surface area contributed by atoms with Crippen LogP contribution in [0.5, 0.6) is 5.75 Å². The minimum Gasteiger partial charge on any atom is -0.379 e. The maximum Gasteiger partial charge on any atom is 0.339 e. The second kappa shape index (κ2) is 5.19. The number of hydrogen-bond donors (Lipinski definition) is 0. The topological polar surface area (TPSA) is 60.4 Å². The van der Waals surface area contributed by atoms with Gasteiger partial charge in [-0.3, -0.25) is 4.79 Å². The van der Waals surface area contributed by atoms with E-state index in [2.05, 4.69) is 0 Å². The Balaban J connectivity index is 2.43.